The minimum atomic E-state index is -0.250. The Kier molecular flexibility index (Phi) is 6.81. The van der Waals surface area contributed by atoms with E-state index in [1.807, 2.05) is 6.07 Å². The topological polar surface area (TPSA) is 68.0 Å². The first-order valence-electron chi connectivity index (χ1n) is 9.06. The Balaban J connectivity index is 1.42. The lowest BCUT2D eigenvalue weighted by atomic mass is 10.0. The average Bonchev–Trinajstić information content (AvgIpc) is 3.10. The molecule has 5 nitrogen and oxygen atoms in total. The minimum Gasteiger partial charge on any atom is -0.407 e. The van der Waals surface area contributed by atoms with Crippen LogP contribution in [0.1, 0.15) is 35.4 Å². The molecule has 0 saturated carbocycles. The zero-order valence-electron chi connectivity index (χ0n) is 15.9. The molecule has 0 saturated heterocycles. The van der Waals surface area contributed by atoms with Gasteiger partial charge < -0.3 is 4.42 Å². The van der Waals surface area contributed by atoms with Gasteiger partial charge in [0.25, 0.3) is 0 Å². The molecule has 1 heterocycles. The molecule has 28 heavy (non-hydrogen) atoms. The molecule has 0 aliphatic carbocycles. The van der Waals surface area contributed by atoms with Crippen LogP contribution in [0.5, 0.6) is 0 Å². The summed E-state index contributed by atoms with van der Waals surface area (Å²) in [5, 5.41) is 10.5. The van der Waals surface area contributed by atoms with Gasteiger partial charge in [-0.3, -0.25) is 10.1 Å². The molecular formula is C21H22FN3O2S. The van der Waals surface area contributed by atoms with Gasteiger partial charge in [0, 0.05) is 11.3 Å². The van der Waals surface area contributed by atoms with Gasteiger partial charge in [0.15, 0.2) is 0 Å². The minimum absolute atomic E-state index is 0.120. The van der Waals surface area contributed by atoms with Crippen molar-refractivity contribution < 1.29 is 13.6 Å². The van der Waals surface area contributed by atoms with Crippen LogP contribution >= 0.6 is 11.8 Å². The third-order valence-electron chi connectivity index (χ3n) is 4.27. The molecule has 0 atom stereocenters. The molecule has 0 bridgehead atoms. The quantitative estimate of drug-likeness (QED) is 0.430. The van der Waals surface area contributed by atoms with E-state index in [0.717, 1.165) is 16.2 Å². The van der Waals surface area contributed by atoms with Gasteiger partial charge in [-0.2, -0.15) is 0 Å². The molecule has 3 rings (SSSR count). The van der Waals surface area contributed by atoms with Crippen molar-refractivity contribution in [3.05, 3.63) is 70.9 Å². The third-order valence-corrected chi connectivity index (χ3v) is 5.37. The van der Waals surface area contributed by atoms with E-state index >= 15 is 0 Å². The first-order chi connectivity index (χ1) is 13.5. The molecule has 0 spiro atoms. The van der Waals surface area contributed by atoms with E-state index in [1.165, 1.54) is 23.3 Å². The van der Waals surface area contributed by atoms with Gasteiger partial charge in [0.1, 0.15) is 5.82 Å². The summed E-state index contributed by atoms with van der Waals surface area (Å²) in [5.74, 6) is 0.813. The largest absolute Gasteiger partial charge is 0.407 e. The second-order valence-electron chi connectivity index (χ2n) is 6.55. The highest BCUT2D eigenvalue weighted by Crippen LogP contribution is 2.20. The summed E-state index contributed by atoms with van der Waals surface area (Å²) in [7, 11) is 0. The van der Waals surface area contributed by atoms with Crippen LogP contribution in [0.2, 0.25) is 0 Å². The Labute approximate surface area is 167 Å². The zero-order valence-corrected chi connectivity index (χ0v) is 16.7. The van der Waals surface area contributed by atoms with Crippen LogP contribution in [0.4, 0.5) is 10.4 Å². The predicted molar refractivity (Wildman–Crippen MR) is 108 cm³/mol. The molecule has 1 aromatic heterocycles. The van der Waals surface area contributed by atoms with Gasteiger partial charge in [0.2, 0.25) is 11.8 Å². The van der Waals surface area contributed by atoms with Crippen molar-refractivity contribution in [1.29, 1.82) is 0 Å². The lowest BCUT2D eigenvalue weighted by molar-refractivity contribution is -0.116. The summed E-state index contributed by atoms with van der Waals surface area (Å²) in [6.45, 7) is 4.13. The maximum Gasteiger partial charge on any atom is 0.322 e. The Morgan fingerprint density at radius 1 is 1.11 bits per heavy atom. The number of anilines is 1. The van der Waals surface area contributed by atoms with Crippen LogP contribution in [-0.2, 0) is 11.2 Å². The van der Waals surface area contributed by atoms with Gasteiger partial charge in [-0.25, -0.2) is 4.39 Å². The summed E-state index contributed by atoms with van der Waals surface area (Å²) in [5.41, 5.74) is 3.53. The van der Waals surface area contributed by atoms with E-state index in [9.17, 15) is 9.18 Å². The number of carbonyl (C=O) groups is 1. The lowest BCUT2D eigenvalue weighted by Crippen LogP contribution is -2.11. The van der Waals surface area contributed by atoms with Crippen molar-refractivity contribution in [2.75, 3.05) is 11.1 Å². The zero-order chi connectivity index (χ0) is 19.9. The number of amides is 1. The normalized spacial score (nSPS) is 10.8. The van der Waals surface area contributed by atoms with Crippen LogP contribution in [-0.4, -0.2) is 21.9 Å². The van der Waals surface area contributed by atoms with Crippen LogP contribution in [0, 0.1) is 19.7 Å². The Bertz CT molecular complexity index is 941. The Hall–Kier alpha value is -2.67. The molecule has 3 aromatic rings. The van der Waals surface area contributed by atoms with Crippen LogP contribution in [0.15, 0.2) is 51.8 Å². The van der Waals surface area contributed by atoms with E-state index in [-0.39, 0.29) is 17.7 Å². The summed E-state index contributed by atoms with van der Waals surface area (Å²) in [6.07, 6.45) is 1.57. The fraction of sp³-hybridized carbons (Fsp3) is 0.286. The van der Waals surface area contributed by atoms with E-state index in [1.54, 1.807) is 23.9 Å². The number of hydrogen-bond acceptors (Lipinski definition) is 5. The number of benzene rings is 2. The van der Waals surface area contributed by atoms with Crippen molar-refractivity contribution in [1.82, 2.24) is 10.2 Å². The van der Waals surface area contributed by atoms with Crippen molar-refractivity contribution >= 4 is 23.7 Å². The molecule has 0 fully saturated rings. The number of aromatic nitrogens is 2. The number of aryl methyl sites for hydroxylation is 2. The maximum absolute atomic E-state index is 12.9. The molecule has 0 aliphatic rings. The standard InChI is InChI=1S/C21H22FN3O2S/c1-14-5-6-16(12-15(14)2)13-20-24-25-21(27-20)23-19(26)4-3-11-28-18-9-7-17(22)8-10-18/h5-10,12H,3-4,11,13H2,1-2H3,(H,23,25,26). The predicted octanol–water partition coefficient (Wildman–Crippen LogP) is 4.93. The SMILES string of the molecule is Cc1ccc(Cc2nnc(NC(=O)CCCSc3ccc(F)cc3)o2)cc1C. The first-order valence-corrected chi connectivity index (χ1v) is 10.0. The summed E-state index contributed by atoms with van der Waals surface area (Å²) >= 11 is 1.59. The molecule has 0 aliphatic heterocycles. The van der Waals surface area contributed by atoms with Gasteiger partial charge in [-0.1, -0.05) is 23.3 Å². The van der Waals surface area contributed by atoms with Crippen LogP contribution in [0.3, 0.4) is 0 Å². The highest BCUT2D eigenvalue weighted by Gasteiger charge is 2.11. The van der Waals surface area contributed by atoms with E-state index in [2.05, 4.69) is 41.5 Å². The number of rotatable bonds is 8. The number of nitrogens with zero attached hydrogens (tertiary/aromatic N) is 2. The molecule has 0 unspecified atom stereocenters. The number of hydrogen-bond donors (Lipinski definition) is 1. The molecule has 7 heteroatoms. The highest BCUT2D eigenvalue weighted by molar-refractivity contribution is 7.99. The maximum atomic E-state index is 12.9. The number of nitrogens with one attached hydrogen (secondary N) is 1. The highest BCUT2D eigenvalue weighted by atomic mass is 32.2. The molecular weight excluding hydrogens is 377 g/mol. The average molecular weight is 399 g/mol. The van der Waals surface area contributed by atoms with Crippen LogP contribution in [0.25, 0.3) is 0 Å². The Morgan fingerprint density at radius 3 is 2.64 bits per heavy atom. The fourth-order valence-corrected chi connectivity index (χ4v) is 3.45. The summed E-state index contributed by atoms with van der Waals surface area (Å²) < 4.78 is 18.4. The second kappa shape index (κ2) is 9.50. The van der Waals surface area contributed by atoms with Gasteiger partial charge in [-0.15, -0.1) is 16.9 Å². The lowest BCUT2D eigenvalue weighted by Gasteiger charge is -2.03. The number of halogens is 1. The molecule has 1 N–H and O–H groups in total. The van der Waals surface area contributed by atoms with Gasteiger partial charge >= 0.3 is 6.01 Å². The monoisotopic (exact) mass is 399 g/mol. The molecule has 146 valence electrons. The summed E-state index contributed by atoms with van der Waals surface area (Å²) in [6, 6.07) is 12.6. The van der Waals surface area contributed by atoms with Crippen molar-refractivity contribution in [3.63, 3.8) is 0 Å². The summed E-state index contributed by atoms with van der Waals surface area (Å²) in [4.78, 5) is 13.0. The van der Waals surface area contributed by atoms with Crippen molar-refractivity contribution in [2.45, 2.75) is 38.0 Å². The molecule has 1 amide bonds. The molecule has 0 radical (unpaired) electrons. The van der Waals surface area contributed by atoms with Crippen molar-refractivity contribution in [2.24, 2.45) is 0 Å². The number of thioether (sulfide) groups is 1. The van der Waals surface area contributed by atoms with Gasteiger partial charge in [0.05, 0.1) is 6.42 Å². The molecule has 2 aromatic carbocycles. The van der Waals surface area contributed by atoms with Gasteiger partial charge in [-0.05, 0) is 67.0 Å². The van der Waals surface area contributed by atoms with E-state index in [4.69, 9.17) is 4.42 Å². The fourth-order valence-electron chi connectivity index (χ4n) is 2.60. The van der Waals surface area contributed by atoms with E-state index < -0.39 is 0 Å². The first kappa shape index (κ1) is 20.1. The van der Waals surface area contributed by atoms with Crippen LogP contribution < -0.4 is 5.32 Å². The van der Waals surface area contributed by atoms with E-state index in [0.29, 0.717) is 25.2 Å². The second-order valence-corrected chi connectivity index (χ2v) is 7.72. The third kappa shape index (κ3) is 5.92. The Morgan fingerprint density at radius 2 is 1.89 bits per heavy atom. The van der Waals surface area contributed by atoms with Crippen molar-refractivity contribution in [3.8, 4) is 0 Å². The smallest absolute Gasteiger partial charge is 0.322 e. The number of carbonyl (C=O) groups excluding carboxylic acids is 1.